The number of para-hydroxylation sites is 1. The number of nitrogens with one attached hydrogen (secondary N) is 1. The number of fused-ring (bicyclic) bond motifs is 1. The van der Waals surface area contributed by atoms with E-state index in [1.165, 1.54) is 50.6 Å². The van der Waals surface area contributed by atoms with Crippen molar-refractivity contribution in [2.45, 2.75) is 69.4 Å². The third-order valence-corrected chi connectivity index (χ3v) is 5.84. The van der Waals surface area contributed by atoms with Gasteiger partial charge in [0.1, 0.15) is 0 Å². The molecule has 0 unspecified atom stereocenters. The molecule has 1 saturated carbocycles. The van der Waals surface area contributed by atoms with Crippen molar-refractivity contribution in [3.8, 4) is 0 Å². The summed E-state index contributed by atoms with van der Waals surface area (Å²) in [6.45, 7) is 1.01. The van der Waals surface area contributed by atoms with Crippen LogP contribution in [0, 0.1) is 0 Å². The van der Waals surface area contributed by atoms with Crippen LogP contribution in [0.3, 0.4) is 0 Å². The topological polar surface area (TPSA) is 45.2 Å². The van der Waals surface area contributed by atoms with Crippen molar-refractivity contribution in [2.24, 2.45) is 0 Å². The average Bonchev–Trinajstić information content (AvgIpc) is 2.68. The van der Waals surface area contributed by atoms with Gasteiger partial charge in [0.25, 0.3) is 0 Å². The minimum atomic E-state index is -0.444. The second-order valence-electron chi connectivity index (χ2n) is 7.49. The van der Waals surface area contributed by atoms with Crippen molar-refractivity contribution < 1.29 is 5.11 Å². The molecule has 1 aromatic carbocycles. The maximum atomic E-state index is 11.1. The molecule has 2 atom stereocenters. The second kappa shape index (κ2) is 7.20. The lowest BCUT2D eigenvalue weighted by Crippen LogP contribution is -2.38. The molecule has 1 aliphatic heterocycles. The van der Waals surface area contributed by atoms with Crippen LogP contribution in [-0.2, 0) is 0 Å². The van der Waals surface area contributed by atoms with Crippen molar-refractivity contribution in [1.29, 1.82) is 0 Å². The Labute approximate surface area is 144 Å². The number of pyridine rings is 1. The molecule has 0 spiro atoms. The smallest absolute Gasteiger partial charge is 0.0950 e. The number of aromatic nitrogens is 1. The van der Waals surface area contributed by atoms with Gasteiger partial charge in [-0.25, -0.2) is 0 Å². The first kappa shape index (κ1) is 16.0. The number of rotatable bonds is 3. The molecule has 2 heterocycles. The number of hydrogen-bond acceptors (Lipinski definition) is 3. The maximum Gasteiger partial charge on any atom is 0.0950 e. The van der Waals surface area contributed by atoms with E-state index in [9.17, 15) is 5.11 Å². The molecule has 0 radical (unpaired) electrons. The van der Waals surface area contributed by atoms with E-state index in [1.807, 2.05) is 0 Å². The van der Waals surface area contributed by atoms with Crippen molar-refractivity contribution in [2.75, 3.05) is 6.54 Å². The summed E-state index contributed by atoms with van der Waals surface area (Å²) in [4.78, 5) is 4.96. The van der Waals surface area contributed by atoms with Crippen molar-refractivity contribution in [1.82, 2.24) is 10.3 Å². The number of nitrogens with zero attached hydrogens (tertiary/aromatic N) is 1. The minimum absolute atomic E-state index is 0.170. The van der Waals surface area contributed by atoms with E-state index in [2.05, 4.69) is 35.6 Å². The van der Waals surface area contributed by atoms with Crippen LogP contribution in [0.5, 0.6) is 0 Å². The molecule has 1 aliphatic carbocycles. The molecule has 3 heteroatoms. The van der Waals surface area contributed by atoms with Crippen LogP contribution >= 0.6 is 0 Å². The van der Waals surface area contributed by atoms with Gasteiger partial charge in [0.15, 0.2) is 0 Å². The van der Waals surface area contributed by atoms with Crippen LogP contribution in [0.4, 0.5) is 0 Å². The fraction of sp³-hybridized carbons (Fsp3) is 0.571. The molecule has 0 amide bonds. The van der Waals surface area contributed by atoms with Gasteiger partial charge in [0.2, 0.25) is 0 Å². The van der Waals surface area contributed by atoms with Gasteiger partial charge in [-0.3, -0.25) is 4.98 Å². The predicted molar refractivity (Wildman–Crippen MR) is 98.2 cm³/mol. The molecule has 24 heavy (non-hydrogen) atoms. The zero-order chi connectivity index (χ0) is 16.4. The quantitative estimate of drug-likeness (QED) is 0.876. The fourth-order valence-corrected chi connectivity index (χ4v) is 4.44. The van der Waals surface area contributed by atoms with Gasteiger partial charge in [-0.05, 0) is 49.9 Å². The Morgan fingerprint density at radius 2 is 1.79 bits per heavy atom. The number of aliphatic hydroxyl groups is 1. The predicted octanol–water partition coefficient (Wildman–Crippen LogP) is 4.46. The second-order valence-corrected chi connectivity index (χ2v) is 7.49. The highest BCUT2D eigenvalue weighted by Gasteiger charge is 2.26. The normalized spacial score (nSPS) is 24.1. The first-order valence-corrected chi connectivity index (χ1v) is 9.64. The van der Waals surface area contributed by atoms with Crippen molar-refractivity contribution in [3.63, 3.8) is 0 Å². The lowest BCUT2D eigenvalue weighted by molar-refractivity contribution is 0.115. The van der Waals surface area contributed by atoms with Crippen LogP contribution in [0.15, 0.2) is 30.3 Å². The van der Waals surface area contributed by atoms with Gasteiger partial charge >= 0.3 is 0 Å². The van der Waals surface area contributed by atoms with E-state index in [0.717, 1.165) is 29.4 Å². The van der Waals surface area contributed by atoms with Crippen molar-refractivity contribution >= 4 is 10.9 Å². The summed E-state index contributed by atoms with van der Waals surface area (Å²) in [6.07, 6.45) is 9.47. The highest BCUT2D eigenvalue weighted by Crippen LogP contribution is 2.36. The molecule has 0 bridgehead atoms. The SMILES string of the molecule is O[C@H](c1cc(C2CCCCC2)nc2ccccc12)[C@@H]1CCCCN1. The molecule has 128 valence electrons. The number of aliphatic hydroxyl groups excluding tert-OH is 1. The van der Waals surface area contributed by atoms with E-state index in [1.54, 1.807) is 0 Å². The van der Waals surface area contributed by atoms with Gasteiger partial charge in [0, 0.05) is 23.0 Å². The minimum Gasteiger partial charge on any atom is -0.387 e. The van der Waals surface area contributed by atoms with E-state index in [4.69, 9.17) is 4.98 Å². The maximum absolute atomic E-state index is 11.1. The summed E-state index contributed by atoms with van der Waals surface area (Å²) in [7, 11) is 0. The first-order valence-electron chi connectivity index (χ1n) is 9.64. The monoisotopic (exact) mass is 324 g/mol. The van der Waals surface area contributed by atoms with Gasteiger partial charge < -0.3 is 10.4 Å². The summed E-state index contributed by atoms with van der Waals surface area (Å²) in [5, 5.41) is 15.7. The Balaban J connectivity index is 1.73. The van der Waals surface area contributed by atoms with Crippen LogP contribution < -0.4 is 5.32 Å². The van der Waals surface area contributed by atoms with Gasteiger partial charge in [-0.15, -0.1) is 0 Å². The molecule has 3 nitrogen and oxygen atoms in total. The van der Waals surface area contributed by atoms with Crippen LogP contribution in [-0.4, -0.2) is 22.7 Å². The molecule has 2 aromatic rings. The highest BCUT2D eigenvalue weighted by molar-refractivity contribution is 5.83. The Kier molecular flexibility index (Phi) is 4.81. The Hall–Kier alpha value is -1.45. The molecule has 4 rings (SSSR count). The van der Waals surface area contributed by atoms with Crippen LogP contribution in [0.2, 0.25) is 0 Å². The summed E-state index contributed by atoms with van der Waals surface area (Å²) in [5.41, 5.74) is 3.30. The van der Waals surface area contributed by atoms with Gasteiger partial charge in [0.05, 0.1) is 11.6 Å². The molecule has 2 fully saturated rings. The molecule has 1 saturated heterocycles. The molecule has 1 aromatic heterocycles. The molecule has 2 N–H and O–H groups in total. The lowest BCUT2D eigenvalue weighted by atomic mass is 9.84. The third-order valence-electron chi connectivity index (χ3n) is 5.84. The lowest BCUT2D eigenvalue weighted by Gasteiger charge is -2.30. The Morgan fingerprint density at radius 1 is 1.00 bits per heavy atom. The Bertz CT molecular complexity index is 687. The van der Waals surface area contributed by atoms with E-state index < -0.39 is 6.10 Å². The number of piperidine rings is 1. The summed E-state index contributed by atoms with van der Waals surface area (Å²) in [6, 6.07) is 10.7. The highest BCUT2D eigenvalue weighted by atomic mass is 16.3. The van der Waals surface area contributed by atoms with Crippen LogP contribution in [0.25, 0.3) is 10.9 Å². The van der Waals surface area contributed by atoms with E-state index >= 15 is 0 Å². The van der Waals surface area contributed by atoms with Crippen molar-refractivity contribution in [3.05, 3.63) is 41.6 Å². The van der Waals surface area contributed by atoms with Gasteiger partial charge in [-0.1, -0.05) is 43.9 Å². The van der Waals surface area contributed by atoms with Crippen LogP contribution in [0.1, 0.15) is 74.6 Å². The largest absolute Gasteiger partial charge is 0.387 e. The number of hydrogen-bond donors (Lipinski definition) is 2. The zero-order valence-corrected chi connectivity index (χ0v) is 14.4. The fourth-order valence-electron chi connectivity index (χ4n) is 4.44. The van der Waals surface area contributed by atoms with E-state index in [-0.39, 0.29) is 6.04 Å². The Morgan fingerprint density at radius 3 is 2.58 bits per heavy atom. The average molecular weight is 324 g/mol. The van der Waals surface area contributed by atoms with Gasteiger partial charge in [-0.2, -0.15) is 0 Å². The van der Waals surface area contributed by atoms with E-state index in [0.29, 0.717) is 5.92 Å². The summed E-state index contributed by atoms with van der Waals surface area (Å²) in [5.74, 6) is 0.564. The molecule has 2 aliphatic rings. The standard InChI is InChI=1S/C21H28N2O/c24-21(19-12-6-7-13-22-19)17-14-20(15-8-2-1-3-9-15)23-18-11-5-4-10-16(17)18/h4-5,10-11,14-15,19,21-22,24H,1-3,6-9,12-13H2/t19-,21+/m0/s1. The molecular weight excluding hydrogens is 296 g/mol. The summed E-state index contributed by atoms with van der Waals surface area (Å²) >= 11 is 0. The molecular formula is C21H28N2O. The number of benzene rings is 1. The zero-order valence-electron chi connectivity index (χ0n) is 14.4. The first-order chi connectivity index (χ1) is 11.8. The summed E-state index contributed by atoms with van der Waals surface area (Å²) < 4.78 is 0. The third kappa shape index (κ3) is 3.20.